The van der Waals surface area contributed by atoms with Gasteiger partial charge in [0.1, 0.15) is 0 Å². The molecule has 3 rings (SSSR count). The summed E-state index contributed by atoms with van der Waals surface area (Å²) in [6.45, 7) is 6.18. The molecule has 1 saturated carbocycles. The maximum absolute atomic E-state index is 6.45. The molecule has 1 heterocycles. The third-order valence-electron chi connectivity index (χ3n) is 4.94. The number of piperazine rings is 1. The highest BCUT2D eigenvalue weighted by atomic mass is 35.5. The summed E-state index contributed by atoms with van der Waals surface area (Å²) < 4.78 is 5.20. The Kier molecular flexibility index (Phi) is 4.67. The largest absolute Gasteiger partial charge is 0.380 e. The first kappa shape index (κ1) is 16.1. The van der Waals surface area contributed by atoms with Crippen LogP contribution in [-0.4, -0.2) is 31.3 Å². The van der Waals surface area contributed by atoms with Crippen molar-refractivity contribution in [3.8, 4) is 0 Å². The van der Waals surface area contributed by atoms with Crippen molar-refractivity contribution >= 4 is 17.3 Å². The maximum Gasteiger partial charge on any atom is 0.0727 e. The summed E-state index contributed by atoms with van der Waals surface area (Å²) in [5.41, 5.74) is 2.44. The van der Waals surface area contributed by atoms with Gasteiger partial charge in [-0.15, -0.1) is 0 Å². The minimum atomic E-state index is 0.135. The molecule has 1 aromatic carbocycles. The van der Waals surface area contributed by atoms with E-state index in [1.54, 1.807) is 7.11 Å². The molecule has 122 valence electrons. The molecular weight excluding hydrogens is 296 g/mol. The molecule has 0 aromatic heterocycles. The monoisotopic (exact) mass is 322 g/mol. The molecule has 1 aliphatic carbocycles. The number of benzene rings is 1. The van der Waals surface area contributed by atoms with E-state index in [4.69, 9.17) is 16.3 Å². The van der Waals surface area contributed by atoms with Crippen molar-refractivity contribution in [2.75, 3.05) is 18.6 Å². The first-order valence-corrected chi connectivity index (χ1v) is 8.70. The molecule has 0 spiro atoms. The number of fused-ring (bicyclic) bond motifs is 1. The van der Waals surface area contributed by atoms with Crippen LogP contribution in [0.1, 0.15) is 45.1 Å². The van der Waals surface area contributed by atoms with Crippen LogP contribution >= 0.6 is 11.6 Å². The maximum atomic E-state index is 6.45. The molecule has 2 fully saturated rings. The molecule has 0 radical (unpaired) electrons. The Balaban J connectivity index is 1.89. The number of nitrogens with zero attached hydrogens (tertiary/aromatic N) is 1. The lowest BCUT2D eigenvalue weighted by atomic mass is 9.83. The summed E-state index contributed by atoms with van der Waals surface area (Å²) >= 11 is 6.45. The van der Waals surface area contributed by atoms with Gasteiger partial charge in [0.2, 0.25) is 0 Å². The third-order valence-corrected chi connectivity index (χ3v) is 5.29. The van der Waals surface area contributed by atoms with Gasteiger partial charge in [-0.05, 0) is 44.4 Å². The smallest absolute Gasteiger partial charge is 0.0727 e. The number of nitrogens with one attached hydrogen (secondary N) is 1. The van der Waals surface area contributed by atoms with Crippen molar-refractivity contribution in [2.45, 2.75) is 63.8 Å². The lowest BCUT2D eigenvalue weighted by Crippen LogP contribution is -2.67. The number of hydrogen-bond acceptors (Lipinski definition) is 3. The van der Waals surface area contributed by atoms with E-state index in [-0.39, 0.29) is 5.54 Å². The highest BCUT2D eigenvalue weighted by molar-refractivity contribution is 6.31. The number of anilines is 1. The predicted octanol–water partition coefficient (Wildman–Crippen LogP) is 3.99. The van der Waals surface area contributed by atoms with Crippen LogP contribution in [0, 0.1) is 0 Å². The number of halogens is 1. The fourth-order valence-electron chi connectivity index (χ4n) is 4.01. The molecule has 2 atom stereocenters. The first-order valence-electron chi connectivity index (χ1n) is 8.32. The Morgan fingerprint density at radius 1 is 1.32 bits per heavy atom. The van der Waals surface area contributed by atoms with E-state index in [1.165, 1.54) is 31.4 Å². The molecule has 0 unspecified atom stereocenters. The van der Waals surface area contributed by atoms with Crippen molar-refractivity contribution < 1.29 is 4.74 Å². The van der Waals surface area contributed by atoms with E-state index in [1.807, 2.05) is 0 Å². The molecule has 0 bridgehead atoms. The second-order valence-corrected chi connectivity index (χ2v) is 7.73. The van der Waals surface area contributed by atoms with Gasteiger partial charge in [-0.2, -0.15) is 0 Å². The van der Waals surface area contributed by atoms with Crippen LogP contribution < -0.4 is 10.2 Å². The van der Waals surface area contributed by atoms with Crippen LogP contribution in [0.4, 0.5) is 5.69 Å². The highest BCUT2D eigenvalue weighted by Gasteiger charge is 2.40. The molecule has 1 N–H and O–H groups in total. The number of hydrogen-bond donors (Lipinski definition) is 1. The van der Waals surface area contributed by atoms with E-state index in [9.17, 15) is 0 Å². The Hall–Kier alpha value is -0.770. The lowest BCUT2D eigenvalue weighted by Gasteiger charge is -2.52. The minimum absolute atomic E-state index is 0.135. The predicted molar refractivity (Wildman–Crippen MR) is 92.8 cm³/mol. The van der Waals surface area contributed by atoms with Gasteiger partial charge < -0.3 is 15.0 Å². The lowest BCUT2D eigenvalue weighted by molar-refractivity contribution is 0.185. The summed E-state index contributed by atoms with van der Waals surface area (Å²) in [4.78, 5) is 2.57. The minimum Gasteiger partial charge on any atom is -0.380 e. The SMILES string of the molecule is COCc1ccc(N2CC(C)(C)N[C@H]3CCCC[C@@H]32)cc1Cl. The summed E-state index contributed by atoms with van der Waals surface area (Å²) in [5.74, 6) is 0. The zero-order valence-corrected chi connectivity index (χ0v) is 14.6. The van der Waals surface area contributed by atoms with E-state index in [2.05, 4.69) is 42.3 Å². The van der Waals surface area contributed by atoms with Gasteiger partial charge in [0.05, 0.1) is 6.61 Å². The normalized spacial score (nSPS) is 27.5. The molecule has 3 nitrogen and oxygen atoms in total. The Bertz CT molecular complexity index is 532. The Labute approximate surface area is 139 Å². The zero-order valence-electron chi connectivity index (χ0n) is 13.9. The van der Waals surface area contributed by atoms with E-state index in [0.717, 1.165) is 17.1 Å². The summed E-state index contributed by atoms with van der Waals surface area (Å²) in [7, 11) is 1.70. The molecule has 1 aromatic rings. The van der Waals surface area contributed by atoms with Crippen LogP contribution in [0.15, 0.2) is 18.2 Å². The fraction of sp³-hybridized carbons (Fsp3) is 0.667. The van der Waals surface area contributed by atoms with Gasteiger partial charge >= 0.3 is 0 Å². The highest BCUT2D eigenvalue weighted by Crippen LogP contribution is 2.35. The topological polar surface area (TPSA) is 24.5 Å². The molecule has 1 aliphatic heterocycles. The van der Waals surface area contributed by atoms with Crippen LogP contribution in [0.25, 0.3) is 0 Å². The quantitative estimate of drug-likeness (QED) is 0.910. The van der Waals surface area contributed by atoms with Crippen LogP contribution in [-0.2, 0) is 11.3 Å². The number of methoxy groups -OCH3 is 1. The van der Waals surface area contributed by atoms with Crippen LogP contribution in [0.5, 0.6) is 0 Å². The van der Waals surface area contributed by atoms with Gasteiger partial charge in [-0.3, -0.25) is 0 Å². The molecule has 22 heavy (non-hydrogen) atoms. The van der Waals surface area contributed by atoms with Gasteiger partial charge in [-0.1, -0.05) is 30.5 Å². The van der Waals surface area contributed by atoms with E-state index in [0.29, 0.717) is 18.7 Å². The number of ether oxygens (including phenoxy) is 1. The zero-order chi connectivity index (χ0) is 15.7. The second kappa shape index (κ2) is 6.38. The molecule has 1 saturated heterocycles. The fourth-order valence-corrected chi connectivity index (χ4v) is 4.24. The molecule has 0 amide bonds. The van der Waals surface area contributed by atoms with E-state index < -0.39 is 0 Å². The summed E-state index contributed by atoms with van der Waals surface area (Å²) in [5, 5.41) is 4.65. The van der Waals surface area contributed by atoms with E-state index >= 15 is 0 Å². The van der Waals surface area contributed by atoms with Crippen molar-refractivity contribution in [2.24, 2.45) is 0 Å². The van der Waals surface area contributed by atoms with Gasteiger partial charge in [0, 0.05) is 42.0 Å². The van der Waals surface area contributed by atoms with Gasteiger partial charge in [0.25, 0.3) is 0 Å². The molecule has 2 aliphatic rings. The molecular formula is C18H27ClN2O. The average molecular weight is 323 g/mol. The van der Waals surface area contributed by atoms with Crippen molar-refractivity contribution in [3.05, 3.63) is 28.8 Å². The summed E-state index contributed by atoms with van der Waals surface area (Å²) in [6.07, 6.45) is 5.21. The van der Waals surface area contributed by atoms with Gasteiger partial charge in [0.15, 0.2) is 0 Å². The van der Waals surface area contributed by atoms with Gasteiger partial charge in [-0.25, -0.2) is 0 Å². The first-order chi connectivity index (χ1) is 10.5. The average Bonchev–Trinajstić information content (AvgIpc) is 2.48. The second-order valence-electron chi connectivity index (χ2n) is 7.32. The third kappa shape index (κ3) is 3.27. The van der Waals surface area contributed by atoms with Crippen molar-refractivity contribution in [1.29, 1.82) is 0 Å². The van der Waals surface area contributed by atoms with Crippen molar-refractivity contribution in [3.63, 3.8) is 0 Å². The molecule has 4 heteroatoms. The number of rotatable bonds is 3. The van der Waals surface area contributed by atoms with Crippen LogP contribution in [0.2, 0.25) is 5.02 Å². The Morgan fingerprint density at radius 2 is 2.09 bits per heavy atom. The van der Waals surface area contributed by atoms with Crippen LogP contribution in [0.3, 0.4) is 0 Å². The van der Waals surface area contributed by atoms with Crippen molar-refractivity contribution in [1.82, 2.24) is 5.32 Å². The summed E-state index contributed by atoms with van der Waals surface area (Å²) in [6, 6.07) is 7.60. The Morgan fingerprint density at radius 3 is 2.82 bits per heavy atom. The standard InChI is InChI=1S/C18H27ClN2O/c1-18(2)12-21(17-7-5-4-6-16(17)20-18)14-9-8-13(11-22-3)15(19)10-14/h8-10,16-17,20H,4-7,11-12H2,1-3H3/t16-,17-/m0/s1.